The molecule has 0 heterocycles. The van der Waals surface area contributed by atoms with E-state index >= 15 is 0 Å². The molecule has 0 spiro atoms. The molecule has 24 heavy (non-hydrogen) atoms. The zero-order valence-electron chi connectivity index (χ0n) is 11.8. The molecule has 0 unspecified atom stereocenters. The summed E-state index contributed by atoms with van der Waals surface area (Å²) in [6.07, 6.45) is -2.07. The van der Waals surface area contributed by atoms with Gasteiger partial charge in [-0.2, -0.15) is 13.2 Å². The van der Waals surface area contributed by atoms with Crippen LogP contribution in [0.1, 0.15) is 11.1 Å². The molecule has 0 aliphatic rings. The predicted octanol–water partition coefficient (Wildman–Crippen LogP) is 6.32. The van der Waals surface area contributed by atoms with Crippen LogP contribution in [0, 0.1) is 0 Å². The monoisotopic (exact) mass is 393 g/mol. The van der Waals surface area contributed by atoms with Crippen molar-refractivity contribution in [3.05, 3.63) is 68.7 Å². The Morgan fingerprint density at radius 1 is 1.00 bits per heavy atom. The highest BCUT2D eigenvalue weighted by Crippen LogP contribution is 2.34. The van der Waals surface area contributed by atoms with Crippen LogP contribution in [0.5, 0.6) is 0 Å². The Hall–Kier alpha value is -1.69. The van der Waals surface area contributed by atoms with Crippen molar-refractivity contribution >= 4 is 52.5 Å². The summed E-state index contributed by atoms with van der Waals surface area (Å²) in [6, 6.07) is 7.48. The first kappa shape index (κ1) is 18.6. The van der Waals surface area contributed by atoms with Gasteiger partial charge in [0.05, 0.1) is 16.3 Å². The van der Waals surface area contributed by atoms with E-state index in [4.69, 9.17) is 34.8 Å². The van der Waals surface area contributed by atoms with Crippen molar-refractivity contribution in [2.24, 2.45) is 0 Å². The van der Waals surface area contributed by atoms with Crippen LogP contribution in [0.25, 0.3) is 6.08 Å². The average Bonchev–Trinajstić information content (AvgIpc) is 2.48. The summed E-state index contributed by atoms with van der Waals surface area (Å²) in [4.78, 5) is 11.9. The van der Waals surface area contributed by atoms with Crippen molar-refractivity contribution in [3.8, 4) is 0 Å². The molecule has 0 atom stereocenters. The number of hydrogen-bond acceptors (Lipinski definition) is 1. The maximum Gasteiger partial charge on any atom is 0.416 e. The van der Waals surface area contributed by atoms with Crippen LogP contribution in [0.4, 0.5) is 18.9 Å². The molecule has 2 aromatic rings. The van der Waals surface area contributed by atoms with Gasteiger partial charge in [-0.3, -0.25) is 4.79 Å². The lowest BCUT2D eigenvalue weighted by Gasteiger charge is -2.10. The number of benzene rings is 2. The lowest BCUT2D eigenvalue weighted by molar-refractivity contribution is -0.137. The number of halogens is 6. The van der Waals surface area contributed by atoms with Crippen LogP contribution in [-0.4, -0.2) is 5.91 Å². The Labute approximate surface area is 150 Å². The summed E-state index contributed by atoms with van der Waals surface area (Å²) in [5.74, 6) is -0.674. The van der Waals surface area contributed by atoms with Gasteiger partial charge in [0.2, 0.25) is 5.91 Å². The zero-order chi connectivity index (χ0) is 17.9. The van der Waals surface area contributed by atoms with Crippen LogP contribution < -0.4 is 5.32 Å². The Morgan fingerprint density at radius 2 is 1.62 bits per heavy atom. The maximum atomic E-state index is 12.7. The van der Waals surface area contributed by atoms with Gasteiger partial charge >= 0.3 is 6.18 Å². The SMILES string of the molecule is O=C(/C=C/c1c(Cl)cccc1Cl)Nc1cc(C(F)(F)F)ccc1Cl. The molecule has 0 aromatic heterocycles. The van der Waals surface area contributed by atoms with E-state index in [1.54, 1.807) is 18.2 Å². The van der Waals surface area contributed by atoms with Gasteiger partial charge in [0.25, 0.3) is 0 Å². The van der Waals surface area contributed by atoms with E-state index in [0.717, 1.165) is 24.3 Å². The summed E-state index contributed by atoms with van der Waals surface area (Å²) in [6.45, 7) is 0. The molecule has 1 N–H and O–H groups in total. The molecule has 0 radical (unpaired) electrons. The molecule has 2 aromatic carbocycles. The Morgan fingerprint density at radius 3 is 2.21 bits per heavy atom. The quantitative estimate of drug-likeness (QED) is 0.607. The highest BCUT2D eigenvalue weighted by Gasteiger charge is 2.31. The standard InChI is InChI=1S/C16H9Cl3F3NO/c17-11-2-1-3-12(18)10(11)5-7-15(24)23-14-8-9(16(20,21)22)4-6-13(14)19/h1-8H,(H,23,24)/b7-5+. The minimum absolute atomic E-state index is 0.0134. The number of alkyl halides is 3. The Balaban J connectivity index is 2.20. The molecule has 0 aliphatic heterocycles. The first-order valence-corrected chi connectivity index (χ1v) is 7.61. The van der Waals surface area contributed by atoms with Crippen molar-refractivity contribution in [1.29, 1.82) is 0 Å². The molecule has 126 valence electrons. The van der Waals surface area contributed by atoms with E-state index in [2.05, 4.69) is 5.32 Å². The summed E-state index contributed by atoms with van der Waals surface area (Å²) in [5, 5.41) is 2.95. The van der Waals surface area contributed by atoms with E-state index < -0.39 is 17.6 Å². The van der Waals surface area contributed by atoms with E-state index in [-0.39, 0.29) is 10.7 Å². The molecule has 0 bridgehead atoms. The minimum atomic E-state index is -4.54. The minimum Gasteiger partial charge on any atom is -0.321 e. The van der Waals surface area contributed by atoms with Gasteiger partial charge in [-0.1, -0.05) is 40.9 Å². The Bertz CT molecular complexity index is 783. The van der Waals surface area contributed by atoms with Crippen molar-refractivity contribution in [3.63, 3.8) is 0 Å². The van der Waals surface area contributed by atoms with Gasteiger partial charge in [-0.25, -0.2) is 0 Å². The maximum absolute atomic E-state index is 12.7. The highest BCUT2D eigenvalue weighted by atomic mass is 35.5. The van der Waals surface area contributed by atoms with Gasteiger partial charge < -0.3 is 5.32 Å². The van der Waals surface area contributed by atoms with Gasteiger partial charge in [-0.05, 0) is 36.4 Å². The second kappa shape index (κ2) is 7.47. The van der Waals surface area contributed by atoms with Gasteiger partial charge in [0.15, 0.2) is 0 Å². The Kier molecular flexibility index (Phi) is 5.80. The number of carbonyl (C=O) groups excluding carboxylic acids is 1. The molecule has 0 aliphatic carbocycles. The van der Waals surface area contributed by atoms with Crippen LogP contribution in [0.15, 0.2) is 42.5 Å². The normalized spacial score (nSPS) is 11.8. The summed E-state index contributed by atoms with van der Waals surface area (Å²) in [7, 11) is 0. The van der Waals surface area contributed by atoms with E-state index in [9.17, 15) is 18.0 Å². The first-order valence-electron chi connectivity index (χ1n) is 6.48. The van der Waals surface area contributed by atoms with Crippen molar-refractivity contribution in [1.82, 2.24) is 0 Å². The predicted molar refractivity (Wildman–Crippen MR) is 90.6 cm³/mol. The molecule has 0 fully saturated rings. The largest absolute Gasteiger partial charge is 0.416 e. The number of carbonyl (C=O) groups is 1. The van der Waals surface area contributed by atoms with Crippen LogP contribution in [0.3, 0.4) is 0 Å². The molecule has 0 saturated heterocycles. The fourth-order valence-corrected chi connectivity index (χ4v) is 2.49. The third kappa shape index (κ3) is 4.66. The number of amides is 1. The summed E-state index contributed by atoms with van der Waals surface area (Å²) >= 11 is 17.7. The average molecular weight is 395 g/mol. The third-order valence-corrected chi connectivity index (χ3v) is 3.94. The fraction of sp³-hybridized carbons (Fsp3) is 0.0625. The van der Waals surface area contributed by atoms with Crippen molar-refractivity contribution in [2.75, 3.05) is 5.32 Å². The summed E-state index contributed by atoms with van der Waals surface area (Å²) < 4.78 is 38.1. The number of hydrogen-bond donors (Lipinski definition) is 1. The second-order valence-corrected chi connectivity index (χ2v) is 5.87. The molecule has 2 nitrogen and oxygen atoms in total. The smallest absolute Gasteiger partial charge is 0.321 e. The molecule has 8 heteroatoms. The lowest BCUT2D eigenvalue weighted by atomic mass is 10.2. The highest BCUT2D eigenvalue weighted by molar-refractivity contribution is 6.37. The van der Waals surface area contributed by atoms with Crippen LogP contribution in [-0.2, 0) is 11.0 Å². The number of anilines is 1. The first-order chi connectivity index (χ1) is 11.2. The third-order valence-electron chi connectivity index (χ3n) is 2.95. The molecule has 0 saturated carbocycles. The van der Waals surface area contributed by atoms with Crippen molar-refractivity contribution < 1.29 is 18.0 Å². The van der Waals surface area contributed by atoms with Gasteiger partial charge in [0, 0.05) is 21.7 Å². The van der Waals surface area contributed by atoms with Gasteiger partial charge in [0.1, 0.15) is 0 Å². The molecule has 1 amide bonds. The van der Waals surface area contributed by atoms with E-state index in [0.29, 0.717) is 15.6 Å². The van der Waals surface area contributed by atoms with Gasteiger partial charge in [-0.15, -0.1) is 0 Å². The lowest BCUT2D eigenvalue weighted by Crippen LogP contribution is -2.11. The summed E-state index contributed by atoms with van der Waals surface area (Å²) in [5.41, 5.74) is -0.641. The van der Waals surface area contributed by atoms with E-state index in [1.165, 1.54) is 6.08 Å². The zero-order valence-corrected chi connectivity index (χ0v) is 14.1. The van der Waals surface area contributed by atoms with Crippen LogP contribution in [0.2, 0.25) is 15.1 Å². The molecular weight excluding hydrogens is 386 g/mol. The number of nitrogens with one attached hydrogen (secondary N) is 1. The van der Waals surface area contributed by atoms with E-state index in [1.807, 2.05) is 0 Å². The van der Waals surface area contributed by atoms with Crippen LogP contribution >= 0.6 is 34.8 Å². The fourth-order valence-electron chi connectivity index (χ4n) is 1.80. The molecular formula is C16H9Cl3F3NO. The topological polar surface area (TPSA) is 29.1 Å². The second-order valence-electron chi connectivity index (χ2n) is 4.65. The van der Waals surface area contributed by atoms with Crippen molar-refractivity contribution in [2.45, 2.75) is 6.18 Å². The number of rotatable bonds is 3. The molecule has 2 rings (SSSR count).